The number of alkyl halides is 3. The van der Waals surface area contributed by atoms with Crippen LogP contribution in [0.4, 0.5) is 13.2 Å². The van der Waals surface area contributed by atoms with E-state index in [4.69, 9.17) is 0 Å². The lowest BCUT2D eigenvalue weighted by Gasteiger charge is -2.19. The van der Waals surface area contributed by atoms with Crippen LogP contribution in [-0.4, -0.2) is 35.7 Å². The minimum Gasteiger partial charge on any atom is -0.507 e. The number of carbonyl (C=O) groups excluding carboxylic acids is 1. The molecule has 0 aromatic heterocycles. The molecule has 1 amide bonds. The molecule has 0 spiro atoms. The van der Waals surface area contributed by atoms with Gasteiger partial charge < -0.3 is 10.0 Å². The third-order valence-corrected chi connectivity index (χ3v) is 2.55. The van der Waals surface area contributed by atoms with Gasteiger partial charge in [0, 0.05) is 13.6 Å². The molecule has 0 aliphatic heterocycles. The highest BCUT2D eigenvalue weighted by Crippen LogP contribution is 2.24. The number of aromatic hydroxyl groups is 1. The molecule has 0 atom stereocenters. The molecule has 0 bridgehead atoms. The van der Waals surface area contributed by atoms with Crippen molar-refractivity contribution >= 4 is 5.91 Å². The van der Waals surface area contributed by atoms with E-state index in [1.54, 1.807) is 19.1 Å². The van der Waals surface area contributed by atoms with Crippen LogP contribution in [-0.2, 0) is 0 Å². The molecule has 1 N–H and O–H groups in total. The number of hydrogen-bond acceptors (Lipinski definition) is 2. The fourth-order valence-electron chi connectivity index (χ4n) is 1.43. The number of halogens is 3. The summed E-state index contributed by atoms with van der Waals surface area (Å²) in [5.74, 6) is -0.818. The van der Waals surface area contributed by atoms with Crippen molar-refractivity contribution in [1.29, 1.82) is 0 Å². The summed E-state index contributed by atoms with van der Waals surface area (Å²) >= 11 is 0. The molecular formula is C12H14F3NO2. The van der Waals surface area contributed by atoms with E-state index < -0.39 is 25.0 Å². The normalized spacial score (nSPS) is 11.4. The van der Waals surface area contributed by atoms with Crippen molar-refractivity contribution in [3.8, 4) is 5.75 Å². The van der Waals surface area contributed by atoms with E-state index in [0.29, 0.717) is 5.56 Å². The Morgan fingerprint density at radius 3 is 2.56 bits per heavy atom. The van der Waals surface area contributed by atoms with Crippen molar-refractivity contribution < 1.29 is 23.1 Å². The third kappa shape index (κ3) is 3.65. The van der Waals surface area contributed by atoms with Crippen molar-refractivity contribution in [2.75, 3.05) is 13.6 Å². The van der Waals surface area contributed by atoms with E-state index in [1.807, 2.05) is 0 Å². The van der Waals surface area contributed by atoms with Gasteiger partial charge in [-0.3, -0.25) is 4.79 Å². The van der Waals surface area contributed by atoms with E-state index in [-0.39, 0.29) is 11.3 Å². The number of carbonyl (C=O) groups is 1. The zero-order valence-electron chi connectivity index (χ0n) is 10.1. The molecule has 0 saturated heterocycles. The monoisotopic (exact) mass is 261 g/mol. The predicted octanol–water partition coefficient (Wildman–Crippen LogP) is 2.73. The summed E-state index contributed by atoms with van der Waals surface area (Å²) in [7, 11) is 1.27. The topological polar surface area (TPSA) is 40.5 Å². The smallest absolute Gasteiger partial charge is 0.390 e. The van der Waals surface area contributed by atoms with Crippen LogP contribution in [0.1, 0.15) is 22.3 Å². The van der Waals surface area contributed by atoms with Gasteiger partial charge in [0.1, 0.15) is 5.75 Å². The number of amides is 1. The third-order valence-electron chi connectivity index (χ3n) is 2.55. The Kier molecular flexibility index (Phi) is 4.21. The van der Waals surface area contributed by atoms with Crippen LogP contribution < -0.4 is 0 Å². The first-order valence-corrected chi connectivity index (χ1v) is 5.33. The Morgan fingerprint density at radius 2 is 2.00 bits per heavy atom. The van der Waals surface area contributed by atoms with E-state index in [9.17, 15) is 23.1 Å². The molecule has 100 valence electrons. The maximum atomic E-state index is 12.0. The van der Waals surface area contributed by atoms with Crippen LogP contribution in [0.25, 0.3) is 0 Å². The number of aryl methyl sites for hydroxylation is 1. The Labute approximate surface area is 103 Å². The summed E-state index contributed by atoms with van der Waals surface area (Å²) in [5.41, 5.74) is 0.518. The van der Waals surface area contributed by atoms with Gasteiger partial charge in [-0.05, 0) is 18.6 Å². The molecule has 0 heterocycles. The van der Waals surface area contributed by atoms with Crippen molar-refractivity contribution in [3.63, 3.8) is 0 Å². The molecule has 0 unspecified atom stereocenters. The average molecular weight is 261 g/mol. The quantitative estimate of drug-likeness (QED) is 0.908. The van der Waals surface area contributed by atoms with E-state index in [2.05, 4.69) is 0 Å². The maximum absolute atomic E-state index is 12.0. The molecule has 0 radical (unpaired) electrons. The van der Waals surface area contributed by atoms with Gasteiger partial charge in [0.2, 0.25) is 0 Å². The molecule has 6 heteroatoms. The second-order valence-corrected chi connectivity index (χ2v) is 4.06. The van der Waals surface area contributed by atoms with Crippen LogP contribution in [0.15, 0.2) is 18.2 Å². The molecule has 0 saturated carbocycles. The highest BCUT2D eigenvalue weighted by molar-refractivity contribution is 5.97. The molecule has 1 aromatic carbocycles. The number of hydrogen-bond donors (Lipinski definition) is 1. The summed E-state index contributed by atoms with van der Waals surface area (Å²) in [6.45, 7) is 1.18. The fraction of sp³-hybridized carbons (Fsp3) is 0.417. The van der Waals surface area contributed by atoms with Crippen LogP contribution in [0.3, 0.4) is 0 Å². The van der Waals surface area contributed by atoms with Gasteiger partial charge in [0.05, 0.1) is 12.0 Å². The molecule has 3 nitrogen and oxygen atoms in total. The number of nitrogens with zero attached hydrogens (tertiary/aromatic N) is 1. The van der Waals surface area contributed by atoms with Gasteiger partial charge in [-0.25, -0.2) is 0 Å². The largest absolute Gasteiger partial charge is 0.507 e. The number of para-hydroxylation sites is 1. The second-order valence-electron chi connectivity index (χ2n) is 4.06. The van der Waals surface area contributed by atoms with Crippen LogP contribution in [0.2, 0.25) is 0 Å². The van der Waals surface area contributed by atoms with E-state index in [0.717, 1.165) is 4.90 Å². The van der Waals surface area contributed by atoms with Crippen molar-refractivity contribution in [2.45, 2.75) is 19.5 Å². The summed E-state index contributed by atoms with van der Waals surface area (Å²) in [6, 6.07) is 4.57. The standard InChI is InChI=1S/C12H14F3NO2/c1-8-4-3-5-9(10(8)17)11(18)16(2)7-6-12(13,14)15/h3-5,17H,6-7H2,1-2H3. The molecule has 1 aromatic rings. The first-order valence-electron chi connectivity index (χ1n) is 5.33. The Morgan fingerprint density at radius 1 is 1.39 bits per heavy atom. The Hall–Kier alpha value is -1.72. The zero-order chi connectivity index (χ0) is 13.9. The van der Waals surface area contributed by atoms with Crippen molar-refractivity contribution in [2.24, 2.45) is 0 Å². The molecule has 0 aliphatic carbocycles. The molecular weight excluding hydrogens is 247 g/mol. The van der Waals surface area contributed by atoms with Crippen LogP contribution in [0.5, 0.6) is 5.75 Å². The van der Waals surface area contributed by atoms with E-state index in [1.165, 1.54) is 13.1 Å². The van der Waals surface area contributed by atoms with Gasteiger partial charge in [0.15, 0.2) is 0 Å². The highest BCUT2D eigenvalue weighted by atomic mass is 19.4. The van der Waals surface area contributed by atoms with Gasteiger partial charge in [-0.1, -0.05) is 12.1 Å². The average Bonchev–Trinajstić information content (AvgIpc) is 2.28. The number of rotatable bonds is 3. The van der Waals surface area contributed by atoms with Crippen molar-refractivity contribution in [3.05, 3.63) is 29.3 Å². The maximum Gasteiger partial charge on any atom is 0.390 e. The number of phenolic OH excluding ortho intramolecular Hbond substituents is 1. The zero-order valence-corrected chi connectivity index (χ0v) is 10.1. The minimum atomic E-state index is -4.30. The van der Waals surface area contributed by atoms with Gasteiger partial charge in [-0.2, -0.15) is 13.2 Å². The molecule has 0 fully saturated rings. The lowest BCUT2D eigenvalue weighted by atomic mass is 10.1. The van der Waals surface area contributed by atoms with Gasteiger partial charge >= 0.3 is 6.18 Å². The highest BCUT2D eigenvalue weighted by Gasteiger charge is 2.28. The fourth-order valence-corrected chi connectivity index (χ4v) is 1.43. The lowest BCUT2D eigenvalue weighted by molar-refractivity contribution is -0.136. The molecule has 1 rings (SSSR count). The Balaban J connectivity index is 2.78. The number of benzene rings is 1. The Bertz CT molecular complexity index is 443. The summed E-state index contributed by atoms with van der Waals surface area (Å²) in [6.07, 6.45) is -5.37. The first-order chi connectivity index (χ1) is 8.22. The summed E-state index contributed by atoms with van der Waals surface area (Å²) < 4.78 is 36.1. The minimum absolute atomic E-state index is 0.0136. The second kappa shape index (κ2) is 5.29. The van der Waals surface area contributed by atoms with E-state index >= 15 is 0 Å². The molecule has 0 aliphatic rings. The predicted molar refractivity (Wildman–Crippen MR) is 60.5 cm³/mol. The van der Waals surface area contributed by atoms with Crippen molar-refractivity contribution in [1.82, 2.24) is 4.90 Å². The molecule has 18 heavy (non-hydrogen) atoms. The summed E-state index contributed by atoms with van der Waals surface area (Å²) in [4.78, 5) is 12.8. The van der Waals surface area contributed by atoms with Gasteiger partial charge in [-0.15, -0.1) is 0 Å². The van der Waals surface area contributed by atoms with Crippen LogP contribution in [0, 0.1) is 6.92 Å². The first kappa shape index (κ1) is 14.3. The van der Waals surface area contributed by atoms with Crippen LogP contribution >= 0.6 is 0 Å². The number of phenols is 1. The lowest BCUT2D eigenvalue weighted by Crippen LogP contribution is -2.30. The van der Waals surface area contributed by atoms with Gasteiger partial charge in [0.25, 0.3) is 5.91 Å². The SMILES string of the molecule is Cc1cccc(C(=O)N(C)CCC(F)(F)F)c1O. The summed E-state index contributed by atoms with van der Waals surface area (Å²) in [5, 5.41) is 9.68.